The van der Waals surface area contributed by atoms with E-state index in [0.29, 0.717) is 28.1 Å². The number of halogens is 1. The smallest absolute Gasteiger partial charge is 0.240 e. The summed E-state index contributed by atoms with van der Waals surface area (Å²) in [5.41, 5.74) is 1.85. The number of anilines is 1. The first-order chi connectivity index (χ1) is 12.4. The van der Waals surface area contributed by atoms with E-state index in [1.807, 2.05) is 0 Å². The highest BCUT2D eigenvalue weighted by Crippen LogP contribution is 2.23. The molecule has 2 N–H and O–H groups in total. The zero-order chi connectivity index (χ0) is 18.7. The summed E-state index contributed by atoms with van der Waals surface area (Å²) in [6.45, 7) is 0. The van der Waals surface area contributed by atoms with Crippen LogP contribution in [0.25, 0.3) is 16.7 Å². The second-order valence-electron chi connectivity index (χ2n) is 5.22. The average Bonchev–Trinajstić information content (AvgIpc) is 3.05. The molecule has 0 atom stereocenters. The first-order valence-corrected chi connectivity index (χ1v) is 9.31. The van der Waals surface area contributed by atoms with Gasteiger partial charge in [-0.05, 0) is 49.5 Å². The van der Waals surface area contributed by atoms with Crippen LogP contribution < -0.4 is 10.0 Å². The van der Waals surface area contributed by atoms with Gasteiger partial charge in [0.2, 0.25) is 15.9 Å². The van der Waals surface area contributed by atoms with Gasteiger partial charge < -0.3 is 9.73 Å². The zero-order valence-corrected chi connectivity index (χ0v) is 15.1. The molecule has 2 aromatic carbocycles. The van der Waals surface area contributed by atoms with Gasteiger partial charge in [0.1, 0.15) is 5.52 Å². The SMILES string of the molecule is CNS(=O)(=O)c1ccc(NC=C(C=O)c2nc3cc(Cl)ccc3o2)cc1. The molecule has 0 saturated heterocycles. The Labute approximate surface area is 154 Å². The molecule has 0 saturated carbocycles. The van der Waals surface area contributed by atoms with Gasteiger partial charge in [-0.15, -0.1) is 0 Å². The third-order valence-corrected chi connectivity index (χ3v) is 5.22. The number of hydrogen-bond donors (Lipinski definition) is 2. The number of allylic oxidation sites excluding steroid dienone is 1. The van der Waals surface area contributed by atoms with Crippen molar-refractivity contribution in [3.8, 4) is 0 Å². The van der Waals surface area contributed by atoms with Gasteiger partial charge in [0.25, 0.3) is 0 Å². The molecule has 0 radical (unpaired) electrons. The first-order valence-electron chi connectivity index (χ1n) is 7.45. The maximum Gasteiger partial charge on any atom is 0.240 e. The molecule has 26 heavy (non-hydrogen) atoms. The number of benzene rings is 2. The van der Waals surface area contributed by atoms with Crippen LogP contribution in [-0.2, 0) is 14.8 Å². The second-order valence-corrected chi connectivity index (χ2v) is 7.55. The van der Waals surface area contributed by atoms with Crippen LogP contribution in [0.15, 0.2) is 58.0 Å². The number of fused-ring (bicyclic) bond motifs is 1. The van der Waals surface area contributed by atoms with Crippen molar-refractivity contribution in [2.45, 2.75) is 4.90 Å². The number of carbonyl (C=O) groups excluding carboxylic acids is 1. The number of aldehydes is 1. The Bertz CT molecular complexity index is 1090. The van der Waals surface area contributed by atoms with Gasteiger partial charge in [-0.3, -0.25) is 4.79 Å². The van der Waals surface area contributed by atoms with E-state index in [1.54, 1.807) is 30.3 Å². The molecule has 0 aliphatic rings. The average molecular weight is 392 g/mol. The van der Waals surface area contributed by atoms with Crippen LogP contribution in [0.4, 0.5) is 5.69 Å². The Morgan fingerprint density at radius 1 is 1.19 bits per heavy atom. The molecule has 134 valence electrons. The largest absolute Gasteiger partial charge is 0.436 e. The molecular weight excluding hydrogens is 378 g/mol. The monoisotopic (exact) mass is 391 g/mol. The van der Waals surface area contributed by atoms with Gasteiger partial charge in [-0.25, -0.2) is 18.1 Å². The molecule has 3 rings (SSSR count). The van der Waals surface area contributed by atoms with E-state index < -0.39 is 10.0 Å². The summed E-state index contributed by atoms with van der Waals surface area (Å²) < 4.78 is 31.2. The second kappa shape index (κ2) is 7.28. The van der Waals surface area contributed by atoms with Crippen LogP contribution in [0.2, 0.25) is 5.02 Å². The topological polar surface area (TPSA) is 101 Å². The number of hydrogen-bond acceptors (Lipinski definition) is 6. The lowest BCUT2D eigenvalue weighted by Crippen LogP contribution is -2.18. The Kier molecular flexibility index (Phi) is 5.08. The van der Waals surface area contributed by atoms with Gasteiger partial charge in [-0.1, -0.05) is 11.6 Å². The molecule has 0 bridgehead atoms. The van der Waals surface area contributed by atoms with Crippen molar-refractivity contribution in [2.24, 2.45) is 0 Å². The molecule has 3 aromatic rings. The number of rotatable bonds is 6. The van der Waals surface area contributed by atoms with E-state index in [1.165, 1.54) is 25.4 Å². The number of sulfonamides is 1. The Hall–Kier alpha value is -2.68. The first kappa shape index (κ1) is 18.1. The van der Waals surface area contributed by atoms with E-state index in [4.69, 9.17) is 16.0 Å². The van der Waals surface area contributed by atoms with Crippen LogP contribution in [0, 0.1) is 0 Å². The molecule has 1 heterocycles. The van der Waals surface area contributed by atoms with Crippen LogP contribution >= 0.6 is 11.6 Å². The third kappa shape index (κ3) is 3.77. The summed E-state index contributed by atoms with van der Waals surface area (Å²) in [4.78, 5) is 15.7. The summed E-state index contributed by atoms with van der Waals surface area (Å²) in [7, 11) is -2.16. The third-order valence-electron chi connectivity index (χ3n) is 3.55. The number of carbonyl (C=O) groups is 1. The highest BCUT2D eigenvalue weighted by Gasteiger charge is 2.12. The minimum absolute atomic E-state index is 0.140. The van der Waals surface area contributed by atoms with Crippen molar-refractivity contribution in [3.05, 3.63) is 59.6 Å². The molecule has 0 amide bonds. The molecule has 9 heteroatoms. The molecule has 1 aromatic heterocycles. The molecule has 0 fully saturated rings. The van der Waals surface area contributed by atoms with Gasteiger partial charge in [0, 0.05) is 16.9 Å². The predicted molar refractivity (Wildman–Crippen MR) is 99.4 cm³/mol. The summed E-state index contributed by atoms with van der Waals surface area (Å²) in [5.74, 6) is 0.152. The Balaban J connectivity index is 1.84. The highest BCUT2D eigenvalue weighted by molar-refractivity contribution is 7.89. The number of nitrogens with zero attached hydrogens (tertiary/aromatic N) is 1. The van der Waals surface area contributed by atoms with Crippen LogP contribution in [0.1, 0.15) is 5.89 Å². The van der Waals surface area contributed by atoms with E-state index in [0.717, 1.165) is 0 Å². The van der Waals surface area contributed by atoms with Crippen LogP contribution in [-0.4, -0.2) is 26.7 Å². The maximum atomic E-state index is 11.7. The maximum absolute atomic E-state index is 11.7. The molecule has 7 nitrogen and oxygen atoms in total. The number of nitrogens with one attached hydrogen (secondary N) is 2. The minimum atomic E-state index is -3.50. The fraction of sp³-hybridized carbons (Fsp3) is 0.0588. The van der Waals surface area contributed by atoms with E-state index in [2.05, 4.69) is 15.0 Å². The summed E-state index contributed by atoms with van der Waals surface area (Å²) in [6, 6.07) is 11.0. The van der Waals surface area contributed by atoms with E-state index in [9.17, 15) is 13.2 Å². The summed E-state index contributed by atoms with van der Waals surface area (Å²) >= 11 is 5.91. The lowest BCUT2D eigenvalue weighted by molar-refractivity contribution is -0.103. The van der Waals surface area contributed by atoms with Crippen LogP contribution in [0.5, 0.6) is 0 Å². The van der Waals surface area contributed by atoms with E-state index >= 15 is 0 Å². The van der Waals surface area contributed by atoms with Crippen molar-refractivity contribution in [1.29, 1.82) is 0 Å². The van der Waals surface area contributed by atoms with Crippen molar-refractivity contribution in [3.63, 3.8) is 0 Å². The van der Waals surface area contributed by atoms with Crippen molar-refractivity contribution in [1.82, 2.24) is 9.71 Å². The summed E-state index contributed by atoms with van der Waals surface area (Å²) in [5, 5.41) is 3.43. The van der Waals surface area contributed by atoms with Gasteiger partial charge in [0.15, 0.2) is 11.9 Å². The standard InChI is InChI=1S/C17H14ClN3O4S/c1-19-26(23,24)14-5-3-13(4-6-14)20-9-11(10-22)17-21-15-8-12(18)2-7-16(15)25-17/h2-10,19-20H,1H3. The minimum Gasteiger partial charge on any atom is -0.436 e. The molecule has 0 aliphatic carbocycles. The molecule has 0 unspecified atom stereocenters. The van der Waals surface area contributed by atoms with Crippen LogP contribution in [0.3, 0.4) is 0 Å². The van der Waals surface area contributed by atoms with Gasteiger partial charge >= 0.3 is 0 Å². The Morgan fingerprint density at radius 2 is 1.92 bits per heavy atom. The highest BCUT2D eigenvalue weighted by atomic mass is 35.5. The zero-order valence-electron chi connectivity index (χ0n) is 13.6. The number of oxazole rings is 1. The molecule has 0 aliphatic heterocycles. The fourth-order valence-electron chi connectivity index (χ4n) is 2.18. The lowest BCUT2D eigenvalue weighted by atomic mass is 10.3. The summed E-state index contributed by atoms with van der Waals surface area (Å²) in [6.07, 6.45) is 2.04. The lowest BCUT2D eigenvalue weighted by Gasteiger charge is -2.05. The van der Waals surface area contributed by atoms with E-state index in [-0.39, 0.29) is 16.4 Å². The van der Waals surface area contributed by atoms with Crippen molar-refractivity contribution in [2.75, 3.05) is 12.4 Å². The van der Waals surface area contributed by atoms with Crippen molar-refractivity contribution < 1.29 is 17.6 Å². The van der Waals surface area contributed by atoms with Crippen molar-refractivity contribution >= 4 is 50.3 Å². The predicted octanol–water partition coefficient (Wildman–Crippen LogP) is 3.04. The Morgan fingerprint density at radius 3 is 2.58 bits per heavy atom. The quantitative estimate of drug-likeness (QED) is 0.494. The molecular formula is C17H14ClN3O4S. The molecule has 0 spiro atoms. The fourth-order valence-corrected chi connectivity index (χ4v) is 3.08. The normalized spacial score (nSPS) is 12.3. The van der Waals surface area contributed by atoms with Gasteiger partial charge in [-0.2, -0.15) is 0 Å². The van der Waals surface area contributed by atoms with Gasteiger partial charge in [0.05, 0.1) is 10.5 Å². The number of aromatic nitrogens is 1.